The quantitative estimate of drug-likeness (QED) is 0.765. The molecule has 0 saturated heterocycles. The molecule has 1 rings (SSSR count). The summed E-state index contributed by atoms with van der Waals surface area (Å²) in [6.07, 6.45) is 0. The molecular weight excluding hydrogens is 248 g/mol. The van der Waals surface area contributed by atoms with Crippen molar-refractivity contribution in [2.75, 3.05) is 14.2 Å². The van der Waals surface area contributed by atoms with E-state index in [1.54, 1.807) is 6.07 Å². The molecule has 0 aliphatic carbocycles. The van der Waals surface area contributed by atoms with E-state index < -0.39 is 0 Å². The smallest absolute Gasteiger partial charge is 0.341 e. The van der Waals surface area contributed by atoms with Crippen molar-refractivity contribution in [1.29, 1.82) is 0 Å². The molecule has 3 nitrogen and oxygen atoms in total. The SMILES string of the molecule is COC(=O)c1c(C)cc(Br)cc1OC. The number of rotatable bonds is 2. The highest BCUT2D eigenvalue weighted by molar-refractivity contribution is 9.10. The zero-order valence-corrected chi connectivity index (χ0v) is 9.84. The first-order valence-electron chi connectivity index (χ1n) is 4.02. The lowest BCUT2D eigenvalue weighted by Gasteiger charge is -2.10. The molecule has 0 amide bonds. The third-order valence-electron chi connectivity index (χ3n) is 1.87. The van der Waals surface area contributed by atoms with Gasteiger partial charge in [0.2, 0.25) is 0 Å². The molecule has 0 spiro atoms. The zero-order chi connectivity index (χ0) is 10.7. The monoisotopic (exact) mass is 258 g/mol. The minimum Gasteiger partial charge on any atom is -0.496 e. The van der Waals surface area contributed by atoms with Gasteiger partial charge in [-0.15, -0.1) is 0 Å². The third-order valence-corrected chi connectivity index (χ3v) is 2.33. The fourth-order valence-corrected chi connectivity index (χ4v) is 1.79. The van der Waals surface area contributed by atoms with Crippen molar-refractivity contribution in [2.24, 2.45) is 0 Å². The summed E-state index contributed by atoms with van der Waals surface area (Å²) in [5, 5.41) is 0. The number of hydrogen-bond donors (Lipinski definition) is 0. The van der Waals surface area contributed by atoms with Crippen LogP contribution in [0.4, 0.5) is 0 Å². The number of halogens is 1. The lowest BCUT2D eigenvalue weighted by atomic mass is 10.1. The fourth-order valence-electron chi connectivity index (χ4n) is 1.24. The summed E-state index contributed by atoms with van der Waals surface area (Å²) < 4.78 is 10.6. The van der Waals surface area contributed by atoms with E-state index >= 15 is 0 Å². The summed E-state index contributed by atoms with van der Waals surface area (Å²) >= 11 is 3.33. The number of esters is 1. The standard InChI is InChI=1S/C10H11BrO3/c1-6-4-7(11)5-8(13-2)9(6)10(12)14-3/h4-5H,1-3H3. The molecule has 0 unspecified atom stereocenters. The van der Waals surface area contributed by atoms with Gasteiger partial charge in [0.05, 0.1) is 14.2 Å². The zero-order valence-electron chi connectivity index (χ0n) is 8.26. The average molecular weight is 259 g/mol. The van der Waals surface area contributed by atoms with Crippen molar-refractivity contribution >= 4 is 21.9 Å². The highest BCUT2D eigenvalue weighted by Gasteiger charge is 2.16. The van der Waals surface area contributed by atoms with E-state index in [1.807, 2.05) is 13.0 Å². The summed E-state index contributed by atoms with van der Waals surface area (Å²) in [4.78, 5) is 11.4. The maximum Gasteiger partial charge on any atom is 0.341 e. The van der Waals surface area contributed by atoms with Gasteiger partial charge in [-0.05, 0) is 24.6 Å². The van der Waals surface area contributed by atoms with E-state index in [-0.39, 0.29) is 5.97 Å². The average Bonchev–Trinajstić information content (AvgIpc) is 2.15. The number of aryl methyl sites for hydroxylation is 1. The van der Waals surface area contributed by atoms with Gasteiger partial charge in [0, 0.05) is 4.47 Å². The number of hydrogen-bond acceptors (Lipinski definition) is 3. The third kappa shape index (κ3) is 2.07. The maximum absolute atomic E-state index is 11.4. The lowest BCUT2D eigenvalue weighted by molar-refractivity contribution is 0.0596. The summed E-state index contributed by atoms with van der Waals surface area (Å²) in [5.74, 6) is 0.135. The molecule has 0 aromatic heterocycles. The molecule has 76 valence electrons. The van der Waals surface area contributed by atoms with Crippen molar-refractivity contribution in [3.05, 3.63) is 27.7 Å². The molecule has 4 heteroatoms. The second kappa shape index (κ2) is 4.46. The molecule has 0 atom stereocenters. The van der Waals surface area contributed by atoms with Crippen LogP contribution in [0, 0.1) is 6.92 Å². The summed E-state index contributed by atoms with van der Waals surface area (Å²) in [7, 11) is 2.87. The fraction of sp³-hybridized carbons (Fsp3) is 0.300. The van der Waals surface area contributed by atoms with Crippen LogP contribution in [0.15, 0.2) is 16.6 Å². The van der Waals surface area contributed by atoms with Crippen molar-refractivity contribution in [1.82, 2.24) is 0 Å². The van der Waals surface area contributed by atoms with E-state index in [0.717, 1.165) is 10.0 Å². The Bertz CT molecular complexity index is 361. The molecule has 0 heterocycles. The molecule has 0 aliphatic rings. The normalized spacial score (nSPS) is 9.71. The van der Waals surface area contributed by atoms with Crippen LogP contribution in [0.1, 0.15) is 15.9 Å². The molecule has 1 aromatic rings. The van der Waals surface area contributed by atoms with E-state index in [9.17, 15) is 4.79 Å². The first-order valence-corrected chi connectivity index (χ1v) is 4.82. The van der Waals surface area contributed by atoms with Gasteiger partial charge >= 0.3 is 5.97 Å². The minimum absolute atomic E-state index is 0.383. The Hall–Kier alpha value is -1.03. The second-order valence-electron chi connectivity index (χ2n) is 2.79. The predicted molar refractivity (Wildman–Crippen MR) is 56.8 cm³/mol. The number of benzene rings is 1. The second-order valence-corrected chi connectivity index (χ2v) is 3.71. The van der Waals surface area contributed by atoms with E-state index in [4.69, 9.17) is 4.74 Å². The molecule has 0 aliphatic heterocycles. The van der Waals surface area contributed by atoms with Gasteiger partial charge in [-0.2, -0.15) is 0 Å². The number of methoxy groups -OCH3 is 2. The number of ether oxygens (including phenoxy) is 2. The topological polar surface area (TPSA) is 35.5 Å². The highest BCUT2D eigenvalue weighted by Crippen LogP contribution is 2.27. The van der Waals surface area contributed by atoms with Crippen molar-refractivity contribution < 1.29 is 14.3 Å². The van der Waals surface area contributed by atoms with E-state index in [0.29, 0.717) is 11.3 Å². The molecule has 0 bridgehead atoms. The van der Waals surface area contributed by atoms with Crippen LogP contribution >= 0.6 is 15.9 Å². The minimum atomic E-state index is -0.383. The van der Waals surface area contributed by atoms with Crippen molar-refractivity contribution in [3.8, 4) is 5.75 Å². The molecule has 1 aromatic carbocycles. The van der Waals surface area contributed by atoms with Gasteiger partial charge in [-0.25, -0.2) is 4.79 Å². The van der Waals surface area contributed by atoms with Crippen LogP contribution in [0.3, 0.4) is 0 Å². The van der Waals surface area contributed by atoms with Crippen molar-refractivity contribution in [2.45, 2.75) is 6.92 Å². The van der Waals surface area contributed by atoms with Gasteiger partial charge in [0.15, 0.2) is 0 Å². The van der Waals surface area contributed by atoms with Crippen LogP contribution in [-0.2, 0) is 4.74 Å². The molecule has 0 fully saturated rings. The first-order chi connectivity index (χ1) is 6.60. The Balaban J connectivity index is 3.32. The molecular formula is C10H11BrO3. The Morgan fingerprint density at radius 1 is 1.36 bits per heavy atom. The number of carbonyl (C=O) groups excluding carboxylic acids is 1. The van der Waals surface area contributed by atoms with E-state index in [2.05, 4.69) is 20.7 Å². The molecule has 0 radical (unpaired) electrons. The summed E-state index contributed by atoms with van der Waals surface area (Å²) in [6.45, 7) is 1.83. The summed E-state index contributed by atoms with van der Waals surface area (Å²) in [6, 6.07) is 3.58. The van der Waals surface area contributed by atoms with Gasteiger partial charge in [0.1, 0.15) is 11.3 Å². The van der Waals surface area contributed by atoms with Gasteiger partial charge in [-0.3, -0.25) is 0 Å². The Morgan fingerprint density at radius 3 is 2.50 bits per heavy atom. The maximum atomic E-state index is 11.4. The van der Waals surface area contributed by atoms with Crippen LogP contribution in [0.5, 0.6) is 5.75 Å². The Morgan fingerprint density at radius 2 is 2.00 bits per heavy atom. The van der Waals surface area contributed by atoms with Gasteiger partial charge in [0.25, 0.3) is 0 Å². The first kappa shape index (κ1) is 11.0. The van der Waals surface area contributed by atoms with Gasteiger partial charge < -0.3 is 9.47 Å². The lowest BCUT2D eigenvalue weighted by Crippen LogP contribution is -2.06. The van der Waals surface area contributed by atoms with Crippen molar-refractivity contribution in [3.63, 3.8) is 0 Å². The molecule has 0 saturated carbocycles. The van der Waals surface area contributed by atoms with Gasteiger partial charge in [-0.1, -0.05) is 15.9 Å². The van der Waals surface area contributed by atoms with Crippen LogP contribution in [-0.4, -0.2) is 20.2 Å². The van der Waals surface area contributed by atoms with Crippen LogP contribution < -0.4 is 4.74 Å². The molecule has 0 N–H and O–H groups in total. The summed E-state index contributed by atoms with van der Waals surface area (Å²) in [5.41, 5.74) is 1.29. The van der Waals surface area contributed by atoms with Crippen LogP contribution in [0.2, 0.25) is 0 Å². The van der Waals surface area contributed by atoms with Crippen LogP contribution in [0.25, 0.3) is 0 Å². The highest BCUT2D eigenvalue weighted by atomic mass is 79.9. The van der Waals surface area contributed by atoms with E-state index in [1.165, 1.54) is 14.2 Å². The Kier molecular flexibility index (Phi) is 3.52. The number of carbonyl (C=O) groups is 1. The molecule has 14 heavy (non-hydrogen) atoms. The predicted octanol–water partition coefficient (Wildman–Crippen LogP) is 2.55. The Labute approximate surface area is 91.1 Å². The largest absolute Gasteiger partial charge is 0.496 e.